The zero-order valence-corrected chi connectivity index (χ0v) is 12.2. The van der Waals surface area contributed by atoms with Crippen molar-refractivity contribution in [2.24, 2.45) is 0 Å². The van der Waals surface area contributed by atoms with Gasteiger partial charge in [0.25, 0.3) is 0 Å². The van der Waals surface area contributed by atoms with Crippen molar-refractivity contribution in [2.75, 3.05) is 0 Å². The molecule has 0 fully saturated rings. The molecule has 3 nitrogen and oxygen atoms in total. The highest BCUT2D eigenvalue weighted by Crippen LogP contribution is 2.32. The lowest BCUT2D eigenvalue weighted by Crippen LogP contribution is -2.21. The Labute approximate surface area is 110 Å². The average molecular weight is 267 g/mol. The highest BCUT2D eigenvalue weighted by Gasteiger charge is 2.10. The molecule has 17 heavy (non-hydrogen) atoms. The maximum absolute atomic E-state index is 4.26. The number of aryl methyl sites for hydroxylation is 2. The molecular formula is C12H17N3S2. The zero-order chi connectivity index (χ0) is 12.4. The van der Waals surface area contributed by atoms with Gasteiger partial charge in [-0.3, -0.25) is 0 Å². The maximum atomic E-state index is 4.26. The number of hydrogen-bond acceptors (Lipinski definition) is 5. The highest BCUT2D eigenvalue weighted by atomic mass is 32.1. The van der Waals surface area contributed by atoms with Gasteiger partial charge in [0, 0.05) is 17.5 Å². The second-order valence-electron chi connectivity index (χ2n) is 4.39. The van der Waals surface area contributed by atoms with Gasteiger partial charge in [0.1, 0.15) is 5.01 Å². The number of aromatic nitrogens is 2. The van der Waals surface area contributed by atoms with Crippen molar-refractivity contribution in [3.63, 3.8) is 0 Å². The molecule has 0 spiro atoms. The minimum Gasteiger partial charge on any atom is -0.308 e. The van der Waals surface area contributed by atoms with Crippen molar-refractivity contribution >= 4 is 22.7 Å². The highest BCUT2D eigenvalue weighted by molar-refractivity contribution is 7.21. The van der Waals surface area contributed by atoms with E-state index in [1.807, 2.05) is 0 Å². The molecule has 2 heterocycles. The first kappa shape index (κ1) is 12.7. The summed E-state index contributed by atoms with van der Waals surface area (Å²) < 4.78 is 0. The Bertz CT molecular complexity index is 480. The smallest absolute Gasteiger partial charge is 0.157 e. The van der Waals surface area contributed by atoms with Crippen LogP contribution in [0.4, 0.5) is 0 Å². The number of nitrogens with zero attached hydrogens (tertiary/aromatic N) is 2. The average Bonchev–Trinajstić information content (AvgIpc) is 2.84. The van der Waals surface area contributed by atoms with Crippen LogP contribution in [0.3, 0.4) is 0 Å². The Morgan fingerprint density at radius 1 is 1.24 bits per heavy atom. The first-order valence-electron chi connectivity index (χ1n) is 5.69. The molecule has 2 aromatic heterocycles. The topological polar surface area (TPSA) is 37.8 Å². The lowest BCUT2D eigenvalue weighted by Gasteiger charge is -2.03. The molecule has 0 atom stereocenters. The lowest BCUT2D eigenvalue weighted by atomic mass is 10.3. The molecule has 0 unspecified atom stereocenters. The van der Waals surface area contributed by atoms with Gasteiger partial charge < -0.3 is 5.32 Å². The van der Waals surface area contributed by atoms with Gasteiger partial charge in [0.15, 0.2) is 5.01 Å². The SMILES string of the molecule is Cc1cc(-c2nnc(CNC(C)C)s2)sc1C. The van der Waals surface area contributed by atoms with Gasteiger partial charge in [-0.25, -0.2) is 0 Å². The van der Waals surface area contributed by atoms with Crippen LogP contribution in [0.25, 0.3) is 9.88 Å². The molecule has 5 heteroatoms. The predicted molar refractivity (Wildman–Crippen MR) is 74.7 cm³/mol. The van der Waals surface area contributed by atoms with Crippen LogP contribution in [0.5, 0.6) is 0 Å². The third-order valence-electron chi connectivity index (χ3n) is 2.51. The number of thiophene rings is 1. The lowest BCUT2D eigenvalue weighted by molar-refractivity contribution is 0.585. The second kappa shape index (κ2) is 5.25. The van der Waals surface area contributed by atoms with E-state index >= 15 is 0 Å². The Morgan fingerprint density at radius 3 is 2.59 bits per heavy atom. The van der Waals surface area contributed by atoms with E-state index in [9.17, 15) is 0 Å². The third kappa shape index (κ3) is 3.12. The Morgan fingerprint density at radius 2 is 2.00 bits per heavy atom. The monoisotopic (exact) mass is 267 g/mol. The van der Waals surface area contributed by atoms with Crippen LogP contribution < -0.4 is 5.32 Å². The van der Waals surface area contributed by atoms with E-state index in [0.717, 1.165) is 16.6 Å². The van der Waals surface area contributed by atoms with Crippen LogP contribution in [-0.4, -0.2) is 16.2 Å². The third-order valence-corrected chi connectivity index (χ3v) is 4.75. The standard InChI is InChI=1S/C12H17N3S2/c1-7(2)13-6-11-14-15-12(17-11)10-5-8(3)9(4)16-10/h5,7,13H,6H2,1-4H3. The van der Waals surface area contributed by atoms with Crippen molar-refractivity contribution in [1.82, 2.24) is 15.5 Å². The fourth-order valence-corrected chi connectivity index (χ4v) is 3.26. The van der Waals surface area contributed by atoms with Crippen molar-refractivity contribution in [1.29, 1.82) is 0 Å². The van der Waals surface area contributed by atoms with E-state index in [4.69, 9.17) is 0 Å². The van der Waals surface area contributed by atoms with E-state index in [0.29, 0.717) is 6.04 Å². The number of rotatable bonds is 4. The van der Waals surface area contributed by atoms with Crippen LogP contribution in [0, 0.1) is 13.8 Å². The minimum absolute atomic E-state index is 0.480. The molecule has 0 amide bonds. The summed E-state index contributed by atoms with van der Waals surface area (Å²) in [6.45, 7) is 9.35. The predicted octanol–water partition coefficient (Wildman–Crippen LogP) is 3.38. The summed E-state index contributed by atoms with van der Waals surface area (Å²) in [6, 6.07) is 2.67. The molecule has 0 aliphatic carbocycles. The zero-order valence-electron chi connectivity index (χ0n) is 10.6. The van der Waals surface area contributed by atoms with Crippen LogP contribution >= 0.6 is 22.7 Å². The largest absolute Gasteiger partial charge is 0.308 e. The molecule has 1 N–H and O–H groups in total. The Hall–Kier alpha value is -0.780. The molecule has 2 rings (SSSR count). The number of nitrogens with one attached hydrogen (secondary N) is 1. The summed E-state index contributed by atoms with van der Waals surface area (Å²) in [7, 11) is 0. The van der Waals surface area contributed by atoms with Crippen LogP contribution in [0.1, 0.15) is 29.3 Å². The van der Waals surface area contributed by atoms with Crippen molar-refractivity contribution in [2.45, 2.75) is 40.3 Å². The normalized spacial score (nSPS) is 11.4. The number of hydrogen-bond donors (Lipinski definition) is 1. The molecule has 0 aromatic carbocycles. The molecule has 0 aliphatic rings. The van der Waals surface area contributed by atoms with Crippen LogP contribution in [-0.2, 0) is 6.54 Å². The van der Waals surface area contributed by atoms with E-state index in [2.05, 4.69) is 49.3 Å². The van der Waals surface area contributed by atoms with Crippen molar-refractivity contribution < 1.29 is 0 Å². The van der Waals surface area contributed by atoms with Gasteiger partial charge in [-0.1, -0.05) is 25.2 Å². The molecule has 0 aliphatic heterocycles. The summed E-state index contributed by atoms with van der Waals surface area (Å²) in [4.78, 5) is 2.59. The van der Waals surface area contributed by atoms with Gasteiger partial charge in [-0.15, -0.1) is 21.5 Å². The molecular weight excluding hydrogens is 250 g/mol. The van der Waals surface area contributed by atoms with Crippen molar-refractivity contribution in [3.05, 3.63) is 21.5 Å². The molecule has 0 radical (unpaired) electrons. The minimum atomic E-state index is 0.480. The fraction of sp³-hybridized carbons (Fsp3) is 0.500. The summed E-state index contributed by atoms with van der Waals surface area (Å²) in [5.74, 6) is 0. The Kier molecular flexibility index (Phi) is 3.91. The maximum Gasteiger partial charge on any atom is 0.157 e. The van der Waals surface area contributed by atoms with Gasteiger partial charge in [0.05, 0.1) is 4.88 Å². The molecule has 0 saturated carbocycles. The first-order valence-corrected chi connectivity index (χ1v) is 7.32. The van der Waals surface area contributed by atoms with Crippen molar-refractivity contribution in [3.8, 4) is 9.88 Å². The molecule has 0 bridgehead atoms. The summed E-state index contributed by atoms with van der Waals surface area (Å²) in [6.07, 6.45) is 0. The quantitative estimate of drug-likeness (QED) is 0.923. The summed E-state index contributed by atoms with van der Waals surface area (Å²) in [5.41, 5.74) is 1.34. The molecule has 92 valence electrons. The van der Waals surface area contributed by atoms with Gasteiger partial charge >= 0.3 is 0 Å². The molecule has 0 saturated heterocycles. The molecule has 2 aromatic rings. The first-order chi connectivity index (χ1) is 8.06. The van der Waals surface area contributed by atoms with Gasteiger partial charge in [-0.05, 0) is 25.5 Å². The van der Waals surface area contributed by atoms with E-state index < -0.39 is 0 Å². The van der Waals surface area contributed by atoms with Crippen LogP contribution in [0.15, 0.2) is 6.07 Å². The second-order valence-corrected chi connectivity index (χ2v) is 6.70. The van der Waals surface area contributed by atoms with Crippen LogP contribution in [0.2, 0.25) is 0 Å². The summed E-state index contributed by atoms with van der Waals surface area (Å²) in [5, 5.41) is 13.9. The van der Waals surface area contributed by atoms with Gasteiger partial charge in [-0.2, -0.15) is 0 Å². The van der Waals surface area contributed by atoms with E-state index in [-0.39, 0.29) is 0 Å². The Balaban J connectivity index is 2.12. The van der Waals surface area contributed by atoms with E-state index in [1.165, 1.54) is 15.3 Å². The summed E-state index contributed by atoms with van der Waals surface area (Å²) >= 11 is 3.47. The fourth-order valence-electron chi connectivity index (χ4n) is 1.39. The van der Waals surface area contributed by atoms with E-state index in [1.54, 1.807) is 22.7 Å². The van der Waals surface area contributed by atoms with Gasteiger partial charge in [0.2, 0.25) is 0 Å².